The summed E-state index contributed by atoms with van der Waals surface area (Å²) < 4.78 is 13.6. The molecule has 1 aromatic rings. The van der Waals surface area contributed by atoms with Crippen molar-refractivity contribution in [2.75, 3.05) is 13.2 Å². The van der Waals surface area contributed by atoms with Crippen molar-refractivity contribution < 1.29 is 14.3 Å². The summed E-state index contributed by atoms with van der Waals surface area (Å²) in [7, 11) is 0. The van der Waals surface area contributed by atoms with Crippen molar-refractivity contribution in [3.8, 4) is 0 Å². The van der Waals surface area contributed by atoms with Crippen LogP contribution in [0.25, 0.3) is 0 Å². The SMILES string of the molecule is CC(C)[C@H](OC[C@H]1CCCO1)C(=O)N[C@@H]1CCc2nccn2C1. The molecule has 2 aliphatic heterocycles. The topological polar surface area (TPSA) is 65.4 Å². The quantitative estimate of drug-likeness (QED) is 0.863. The molecule has 1 amide bonds. The number of amides is 1. The molecule has 0 saturated carbocycles. The number of rotatable bonds is 6. The van der Waals surface area contributed by atoms with Crippen LogP contribution in [0.15, 0.2) is 12.4 Å². The predicted octanol–water partition coefficient (Wildman–Crippen LogP) is 1.53. The van der Waals surface area contributed by atoms with E-state index in [0.717, 1.165) is 44.7 Å². The Morgan fingerprint density at radius 3 is 3.13 bits per heavy atom. The van der Waals surface area contributed by atoms with Gasteiger partial charge in [-0.25, -0.2) is 4.98 Å². The van der Waals surface area contributed by atoms with Crippen LogP contribution >= 0.6 is 0 Å². The van der Waals surface area contributed by atoms with Gasteiger partial charge in [0.2, 0.25) is 5.91 Å². The van der Waals surface area contributed by atoms with Gasteiger partial charge in [-0.05, 0) is 25.2 Å². The maximum atomic E-state index is 12.6. The van der Waals surface area contributed by atoms with Gasteiger partial charge in [-0.2, -0.15) is 0 Å². The third-order valence-corrected chi connectivity index (χ3v) is 4.63. The Morgan fingerprint density at radius 1 is 1.52 bits per heavy atom. The summed E-state index contributed by atoms with van der Waals surface area (Å²) in [6.07, 6.45) is 7.47. The van der Waals surface area contributed by atoms with E-state index in [2.05, 4.69) is 14.9 Å². The van der Waals surface area contributed by atoms with E-state index < -0.39 is 6.10 Å². The molecule has 23 heavy (non-hydrogen) atoms. The molecule has 1 saturated heterocycles. The molecule has 1 aromatic heterocycles. The van der Waals surface area contributed by atoms with Crippen molar-refractivity contribution in [3.05, 3.63) is 18.2 Å². The van der Waals surface area contributed by atoms with Gasteiger partial charge in [0, 0.05) is 38.0 Å². The third kappa shape index (κ3) is 4.12. The first-order chi connectivity index (χ1) is 11.1. The minimum Gasteiger partial charge on any atom is -0.376 e. The average Bonchev–Trinajstić information content (AvgIpc) is 3.17. The summed E-state index contributed by atoms with van der Waals surface area (Å²) in [5, 5.41) is 3.15. The van der Waals surface area contributed by atoms with Crippen molar-refractivity contribution >= 4 is 5.91 Å². The van der Waals surface area contributed by atoms with Gasteiger partial charge < -0.3 is 19.4 Å². The monoisotopic (exact) mass is 321 g/mol. The Labute approximate surface area is 137 Å². The van der Waals surface area contributed by atoms with E-state index in [0.29, 0.717) is 6.61 Å². The lowest BCUT2D eigenvalue weighted by Crippen LogP contribution is -2.48. The summed E-state index contributed by atoms with van der Waals surface area (Å²) in [4.78, 5) is 16.9. The number of imidazole rings is 1. The molecule has 0 radical (unpaired) electrons. The second-order valence-corrected chi connectivity index (χ2v) is 6.87. The highest BCUT2D eigenvalue weighted by molar-refractivity contribution is 5.81. The number of aromatic nitrogens is 2. The van der Waals surface area contributed by atoms with E-state index in [4.69, 9.17) is 9.47 Å². The van der Waals surface area contributed by atoms with Crippen LogP contribution in [0.5, 0.6) is 0 Å². The van der Waals surface area contributed by atoms with Crippen LogP contribution in [0.2, 0.25) is 0 Å². The van der Waals surface area contributed by atoms with Gasteiger partial charge in [0.15, 0.2) is 0 Å². The van der Waals surface area contributed by atoms with Gasteiger partial charge in [-0.1, -0.05) is 13.8 Å². The summed E-state index contributed by atoms with van der Waals surface area (Å²) in [6, 6.07) is 0.150. The number of aryl methyl sites for hydroxylation is 1. The molecule has 0 aromatic carbocycles. The maximum absolute atomic E-state index is 12.6. The molecule has 0 aliphatic carbocycles. The number of nitrogens with one attached hydrogen (secondary N) is 1. The molecule has 0 unspecified atom stereocenters. The molecule has 0 bridgehead atoms. The summed E-state index contributed by atoms with van der Waals surface area (Å²) in [5.41, 5.74) is 0. The van der Waals surface area contributed by atoms with Gasteiger partial charge >= 0.3 is 0 Å². The number of ether oxygens (including phenoxy) is 2. The minimum atomic E-state index is -0.414. The number of hydrogen-bond acceptors (Lipinski definition) is 4. The fraction of sp³-hybridized carbons (Fsp3) is 0.765. The normalized spacial score (nSPS) is 25.3. The Hall–Kier alpha value is -1.40. The van der Waals surface area contributed by atoms with Crippen molar-refractivity contribution in [1.82, 2.24) is 14.9 Å². The van der Waals surface area contributed by atoms with E-state index in [-0.39, 0.29) is 24.0 Å². The van der Waals surface area contributed by atoms with Gasteiger partial charge in [0.1, 0.15) is 11.9 Å². The van der Waals surface area contributed by atoms with Crippen LogP contribution in [-0.2, 0) is 27.2 Å². The van der Waals surface area contributed by atoms with E-state index in [1.54, 1.807) is 0 Å². The first kappa shape index (κ1) is 16.5. The molecule has 1 N–H and O–H groups in total. The van der Waals surface area contributed by atoms with Crippen LogP contribution in [0.3, 0.4) is 0 Å². The zero-order valence-electron chi connectivity index (χ0n) is 14.0. The maximum Gasteiger partial charge on any atom is 0.249 e. The molecule has 1 fully saturated rings. The van der Waals surface area contributed by atoms with E-state index in [1.165, 1.54) is 0 Å². The smallest absolute Gasteiger partial charge is 0.249 e. The minimum absolute atomic E-state index is 0.00781. The molecule has 3 heterocycles. The van der Waals surface area contributed by atoms with E-state index >= 15 is 0 Å². The van der Waals surface area contributed by atoms with Crippen molar-refractivity contribution in [2.24, 2.45) is 5.92 Å². The standard InChI is InChI=1S/C17H27N3O3/c1-12(2)16(23-11-14-4-3-9-22-14)17(21)19-13-5-6-15-18-7-8-20(15)10-13/h7-8,12-14,16H,3-6,9-11H2,1-2H3,(H,19,21)/t13-,14-,16+/m1/s1. The van der Waals surface area contributed by atoms with Crippen LogP contribution in [-0.4, -0.2) is 46.9 Å². The first-order valence-corrected chi connectivity index (χ1v) is 8.67. The number of carbonyl (C=O) groups excluding carboxylic acids is 1. The van der Waals surface area contributed by atoms with Crippen LogP contribution in [0.4, 0.5) is 0 Å². The first-order valence-electron chi connectivity index (χ1n) is 8.67. The van der Waals surface area contributed by atoms with Crippen molar-refractivity contribution in [2.45, 2.75) is 64.3 Å². The summed E-state index contributed by atoms with van der Waals surface area (Å²) >= 11 is 0. The lowest BCUT2D eigenvalue weighted by atomic mass is 10.0. The van der Waals surface area contributed by atoms with Crippen LogP contribution in [0, 0.1) is 5.92 Å². The predicted molar refractivity (Wildman–Crippen MR) is 86.0 cm³/mol. The highest BCUT2D eigenvalue weighted by Gasteiger charge is 2.28. The molecule has 0 spiro atoms. The average molecular weight is 321 g/mol. The number of fused-ring (bicyclic) bond motifs is 1. The Morgan fingerprint density at radius 2 is 2.39 bits per heavy atom. The molecular formula is C17H27N3O3. The molecule has 128 valence electrons. The van der Waals surface area contributed by atoms with Crippen LogP contribution in [0.1, 0.15) is 38.9 Å². The highest BCUT2D eigenvalue weighted by Crippen LogP contribution is 2.17. The van der Waals surface area contributed by atoms with Crippen molar-refractivity contribution in [3.63, 3.8) is 0 Å². The Balaban J connectivity index is 1.52. The second-order valence-electron chi connectivity index (χ2n) is 6.87. The van der Waals surface area contributed by atoms with Gasteiger partial charge in [-0.3, -0.25) is 4.79 Å². The third-order valence-electron chi connectivity index (χ3n) is 4.63. The van der Waals surface area contributed by atoms with E-state index in [1.807, 2.05) is 26.2 Å². The molecule has 2 aliphatic rings. The largest absolute Gasteiger partial charge is 0.376 e. The molecule has 6 heteroatoms. The number of nitrogens with zero attached hydrogens (tertiary/aromatic N) is 2. The molecule has 6 nitrogen and oxygen atoms in total. The molecule has 3 rings (SSSR count). The molecular weight excluding hydrogens is 294 g/mol. The Bertz CT molecular complexity index is 523. The zero-order chi connectivity index (χ0) is 16.2. The lowest BCUT2D eigenvalue weighted by Gasteiger charge is -2.28. The van der Waals surface area contributed by atoms with E-state index in [9.17, 15) is 4.79 Å². The van der Waals surface area contributed by atoms with Gasteiger partial charge in [-0.15, -0.1) is 0 Å². The second kappa shape index (κ2) is 7.45. The highest BCUT2D eigenvalue weighted by atomic mass is 16.5. The van der Waals surface area contributed by atoms with Crippen molar-refractivity contribution in [1.29, 1.82) is 0 Å². The fourth-order valence-corrected chi connectivity index (χ4v) is 3.33. The molecule has 3 atom stereocenters. The summed E-state index contributed by atoms with van der Waals surface area (Å²) in [6.45, 7) is 6.15. The Kier molecular flexibility index (Phi) is 5.33. The number of carbonyl (C=O) groups is 1. The fourth-order valence-electron chi connectivity index (χ4n) is 3.33. The zero-order valence-corrected chi connectivity index (χ0v) is 14.0. The van der Waals surface area contributed by atoms with Crippen LogP contribution < -0.4 is 5.32 Å². The lowest BCUT2D eigenvalue weighted by molar-refractivity contribution is -0.139. The van der Waals surface area contributed by atoms with Gasteiger partial charge in [0.05, 0.1) is 12.7 Å². The van der Waals surface area contributed by atoms with Gasteiger partial charge in [0.25, 0.3) is 0 Å². The number of hydrogen-bond donors (Lipinski definition) is 1. The summed E-state index contributed by atoms with van der Waals surface area (Å²) in [5.74, 6) is 1.24.